The predicted octanol–water partition coefficient (Wildman–Crippen LogP) is 5.22. The number of fused-ring (bicyclic) bond motifs is 1. The van der Waals surface area contributed by atoms with Crippen LogP contribution in [0.25, 0.3) is 10.2 Å². The van der Waals surface area contributed by atoms with Crippen molar-refractivity contribution in [2.45, 2.75) is 0 Å². The first-order valence-electron chi connectivity index (χ1n) is 5.67. The molecule has 3 nitrogen and oxygen atoms in total. The summed E-state index contributed by atoms with van der Waals surface area (Å²) < 4.78 is 0.926. The molecule has 0 aliphatic heterocycles. The number of thiophene rings is 1. The predicted molar refractivity (Wildman–Crippen MR) is 84.1 cm³/mol. The summed E-state index contributed by atoms with van der Waals surface area (Å²) in [6.07, 6.45) is 1.56. The van der Waals surface area contributed by atoms with Crippen LogP contribution in [0.1, 0.15) is 5.56 Å². The Kier molecular flexibility index (Phi) is 3.49. The molecule has 0 unspecified atom stereocenters. The molecule has 0 saturated carbocycles. The molecule has 0 aliphatic carbocycles. The quantitative estimate of drug-likeness (QED) is 0.704. The second-order valence-electron chi connectivity index (χ2n) is 4.04. The van der Waals surface area contributed by atoms with E-state index in [1.807, 2.05) is 11.4 Å². The minimum atomic E-state index is 0.478. The lowest BCUT2D eigenvalue weighted by Crippen LogP contribution is -1.95. The van der Waals surface area contributed by atoms with E-state index in [-0.39, 0.29) is 0 Å². The summed E-state index contributed by atoms with van der Waals surface area (Å²) in [6.45, 7) is 0. The van der Waals surface area contributed by atoms with Gasteiger partial charge in [0.2, 0.25) is 0 Å². The molecule has 3 rings (SSSR count). The Labute approximate surface area is 129 Å². The summed E-state index contributed by atoms with van der Waals surface area (Å²) >= 11 is 13.6. The molecular weight excluding hydrogens is 313 g/mol. The Morgan fingerprint density at radius 3 is 2.85 bits per heavy atom. The van der Waals surface area contributed by atoms with Crippen molar-refractivity contribution < 1.29 is 0 Å². The van der Waals surface area contributed by atoms with Crippen molar-refractivity contribution in [1.82, 2.24) is 4.98 Å². The Morgan fingerprint density at radius 2 is 2.10 bits per heavy atom. The molecule has 6 heteroatoms. The Hall–Kier alpha value is -1.80. The van der Waals surface area contributed by atoms with Gasteiger partial charge in [-0.15, -0.1) is 11.3 Å². The highest BCUT2D eigenvalue weighted by Crippen LogP contribution is 2.35. The van der Waals surface area contributed by atoms with Gasteiger partial charge in [-0.2, -0.15) is 5.26 Å². The molecule has 1 aromatic carbocycles. The fourth-order valence-electron chi connectivity index (χ4n) is 1.85. The first-order valence-corrected chi connectivity index (χ1v) is 7.31. The van der Waals surface area contributed by atoms with E-state index in [1.54, 1.807) is 24.4 Å². The second kappa shape index (κ2) is 5.29. The molecule has 2 heterocycles. The van der Waals surface area contributed by atoms with E-state index in [9.17, 15) is 5.26 Å². The number of benzene rings is 1. The van der Waals surface area contributed by atoms with Crippen LogP contribution in [0, 0.1) is 11.3 Å². The van der Waals surface area contributed by atoms with Gasteiger partial charge in [-0.3, -0.25) is 4.98 Å². The van der Waals surface area contributed by atoms with Crippen molar-refractivity contribution in [3.63, 3.8) is 0 Å². The van der Waals surface area contributed by atoms with E-state index in [0.29, 0.717) is 21.3 Å². The van der Waals surface area contributed by atoms with Crippen molar-refractivity contribution in [3.05, 3.63) is 51.5 Å². The van der Waals surface area contributed by atoms with Gasteiger partial charge >= 0.3 is 0 Å². The minimum Gasteiger partial charge on any atom is -0.352 e. The average molecular weight is 320 g/mol. The fraction of sp³-hybridized carbons (Fsp3) is 0. The fourth-order valence-corrected chi connectivity index (χ4v) is 3.16. The molecule has 2 aromatic heterocycles. The Morgan fingerprint density at radius 1 is 1.25 bits per heavy atom. The maximum atomic E-state index is 9.23. The van der Waals surface area contributed by atoms with E-state index in [0.717, 1.165) is 15.9 Å². The molecule has 98 valence electrons. The van der Waals surface area contributed by atoms with Gasteiger partial charge in [-0.05, 0) is 29.6 Å². The zero-order chi connectivity index (χ0) is 14.1. The Balaban J connectivity index is 2.14. The van der Waals surface area contributed by atoms with Crippen LogP contribution < -0.4 is 5.32 Å². The summed E-state index contributed by atoms with van der Waals surface area (Å²) in [4.78, 5) is 4.24. The van der Waals surface area contributed by atoms with E-state index < -0.39 is 0 Å². The third kappa shape index (κ3) is 2.32. The number of pyridine rings is 1. The van der Waals surface area contributed by atoms with Crippen LogP contribution in [0.15, 0.2) is 35.8 Å². The van der Waals surface area contributed by atoms with Crippen molar-refractivity contribution in [1.29, 1.82) is 5.26 Å². The van der Waals surface area contributed by atoms with Gasteiger partial charge in [0.25, 0.3) is 0 Å². The number of halogens is 2. The van der Waals surface area contributed by atoms with E-state index in [2.05, 4.69) is 16.4 Å². The average Bonchev–Trinajstić information content (AvgIpc) is 2.90. The largest absolute Gasteiger partial charge is 0.352 e. The number of nitriles is 1. The highest BCUT2D eigenvalue weighted by molar-refractivity contribution is 7.17. The molecule has 3 aromatic rings. The van der Waals surface area contributed by atoms with Crippen LogP contribution in [0.4, 0.5) is 11.4 Å². The SMILES string of the molecule is N#Cc1cnc2ccsc2c1Nc1ccc(Cl)cc1Cl. The van der Waals surface area contributed by atoms with Gasteiger partial charge in [-0.1, -0.05) is 23.2 Å². The van der Waals surface area contributed by atoms with Crippen LogP contribution in [0.2, 0.25) is 10.0 Å². The van der Waals surface area contributed by atoms with Crippen LogP contribution in [0.5, 0.6) is 0 Å². The molecule has 0 atom stereocenters. The van der Waals surface area contributed by atoms with Gasteiger partial charge in [0.15, 0.2) is 0 Å². The van der Waals surface area contributed by atoms with Gasteiger partial charge in [0.1, 0.15) is 6.07 Å². The molecule has 0 spiro atoms. The first-order chi connectivity index (χ1) is 9.69. The maximum Gasteiger partial charge on any atom is 0.103 e. The lowest BCUT2D eigenvalue weighted by molar-refractivity contribution is 1.37. The molecule has 0 bridgehead atoms. The normalized spacial score (nSPS) is 10.4. The van der Waals surface area contributed by atoms with Crippen molar-refractivity contribution in [3.8, 4) is 6.07 Å². The number of anilines is 2. The summed E-state index contributed by atoms with van der Waals surface area (Å²) in [6, 6.07) is 9.24. The lowest BCUT2D eigenvalue weighted by atomic mass is 10.2. The molecule has 0 amide bonds. The van der Waals surface area contributed by atoms with Gasteiger partial charge in [0.05, 0.1) is 32.2 Å². The third-order valence-corrected chi connectivity index (χ3v) is 4.25. The third-order valence-electron chi connectivity index (χ3n) is 2.78. The van der Waals surface area contributed by atoms with Crippen LogP contribution >= 0.6 is 34.5 Å². The number of hydrogen-bond acceptors (Lipinski definition) is 4. The first kappa shape index (κ1) is 13.2. The standard InChI is InChI=1S/C14H7Cl2N3S/c15-9-1-2-11(10(16)5-9)19-13-8(6-17)7-18-12-3-4-20-14(12)13/h1-5,7H,(H,18,19). The number of hydrogen-bond donors (Lipinski definition) is 1. The number of nitrogens with one attached hydrogen (secondary N) is 1. The van der Waals surface area contributed by atoms with E-state index in [1.165, 1.54) is 11.3 Å². The smallest absolute Gasteiger partial charge is 0.103 e. The molecule has 1 N–H and O–H groups in total. The van der Waals surface area contributed by atoms with Crippen molar-refractivity contribution in [2.75, 3.05) is 5.32 Å². The molecule has 0 radical (unpaired) electrons. The summed E-state index contributed by atoms with van der Waals surface area (Å²) in [5, 5.41) is 15.4. The van der Waals surface area contributed by atoms with Crippen LogP contribution in [-0.4, -0.2) is 4.98 Å². The van der Waals surface area contributed by atoms with Gasteiger partial charge in [0, 0.05) is 11.2 Å². The molecule has 20 heavy (non-hydrogen) atoms. The van der Waals surface area contributed by atoms with Gasteiger partial charge in [-0.25, -0.2) is 0 Å². The molecule has 0 saturated heterocycles. The highest BCUT2D eigenvalue weighted by Gasteiger charge is 2.11. The molecule has 0 aliphatic rings. The summed E-state index contributed by atoms with van der Waals surface area (Å²) in [5.74, 6) is 0. The number of nitrogens with zero attached hydrogens (tertiary/aromatic N) is 2. The van der Waals surface area contributed by atoms with Gasteiger partial charge < -0.3 is 5.32 Å². The summed E-state index contributed by atoms with van der Waals surface area (Å²) in [5.41, 5.74) is 2.75. The van der Waals surface area contributed by atoms with Crippen LogP contribution in [0.3, 0.4) is 0 Å². The molecular formula is C14H7Cl2N3S. The highest BCUT2D eigenvalue weighted by atomic mass is 35.5. The van der Waals surface area contributed by atoms with E-state index >= 15 is 0 Å². The monoisotopic (exact) mass is 319 g/mol. The number of aromatic nitrogens is 1. The zero-order valence-corrected chi connectivity index (χ0v) is 12.4. The summed E-state index contributed by atoms with van der Waals surface area (Å²) in [7, 11) is 0. The van der Waals surface area contributed by atoms with Crippen molar-refractivity contribution >= 4 is 56.1 Å². The molecule has 0 fully saturated rings. The maximum absolute atomic E-state index is 9.23. The topological polar surface area (TPSA) is 48.7 Å². The van der Waals surface area contributed by atoms with Crippen LogP contribution in [-0.2, 0) is 0 Å². The second-order valence-corrected chi connectivity index (χ2v) is 5.80. The Bertz CT molecular complexity index is 836. The number of rotatable bonds is 2. The van der Waals surface area contributed by atoms with E-state index in [4.69, 9.17) is 23.2 Å². The zero-order valence-electron chi connectivity index (χ0n) is 10.0. The van der Waals surface area contributed by atoms with Crippen molar-refractivity contribution in [2.24, 2.45) is 0 Å². The lowest BCUT2D eigenvalue weighted by Gasteiger charge is -2.11. The minimum absolute atomic E-state index is 0.478.